The number of aromatic nitrogens is 3. The molecule has 0 atom stereocenters. The van der Waals surface area contributed by atoms with Gasteiger partial charge in [-0.05, 0) is 32.0 Å². The number of amides is 1. The van der Waals surface area contributed by atoms with Gasteiger partial charge in [0.25, 0.3) is 5.91 Å². The van der Waals surface area contributed by atoms with Crippen molar-refractivity contribution in [2.75, 3.05) is 11.9 Å². The quantitative estimate of drug-likeness (QED) is 0.466. The molecule has 2 heterocycles. The summed E-state index contributed by atoms with van der Waals surface area (Å²) in [7, 11) is 0. The maximum absolute atomic E-state index is 12.8. The lowest BCUT2D eigenvalue weighted by atomic mass is 10.1. The molecule has 0 radical (unpaired) electrons. The van der Waals surface area contributed by atoms with Crippen LogP contribution in [0.2, 0.25) is 0 Å². The fourth-order valence-corrected chi connectivity index (χ4v) is 3.89. The molecular weight excluding hydrogens is 396 g/mol. The van der Waals surface area contributed by atoms with Crippen LogP contribution in [-0.2, 0) is 0 Å². The highest BCUT2D eigenvalue weighted by atomic mass is 32.1. The summed E-state index contributed by atoms with van der Waals surface area (Å²) >= 11 is 1.39. The second-order valence-electron chi connectivity index (χ2n) is 6.52. The van der Waals surface area contributed by atoms with E-state index in [-0.39, 0.29) is 5.91 Å². The highest BCUT2D eigenvalue weighted by Crippen LogP contribution is 2.28. The summed E-state index contributed by atoms with van der Waals surface area (Å²) in [4.78, 5) is 17.9. The Morgan fingerprint density at radius 2 is 1.73 bits per heavy atom. The number of nitrogens with one attached hydrogen (secondary N) is 1. The summed E-state index contributed by atoms with van der Waals surface area (Å²) in [6.45, 7) is 4.30. The second-order valence-corrected chi connectivity index (χ2v) is 7.52. The third kappa shape index (κ3) is 4.36. The molecule has 4 aromatic rings. The van der Waals surface area contributed by atoms with Crippen LogP contribution in [-0.4, -0.2) is 27.7 Å². The van der Waals surface area contributed by atoms with Crippen LogP contribution in [0, 0.1) is 6.92 Å². The van der Waals surface area contributed by atoms with Gasteiger partial charge in [0.05, 0.1) is 18.0 Å². The number of benzene rings is 2. The van der Waals surface area contributed by atoms with E-state index in [9.17, 15) is 4.79 Å². The van der Waals surface area contributed by atoms with Crippen molar-refractivity contribution in [3.05, 3.63) is 77.3 Å². The van der Waals surface area contributed by atoms with Gasteiger partial charge in [0.15, 0.2) is 0 Å². The molecule has 0 saturated carbocycles. The molecule has 4 rings (SSSR count). The van der Waals surface area contributed by atoms with Crippen molar-refractivity contribution in [3.63, 3.8) is 0 Å². The number of hydrogen-bond acceptors (Lipinski definition) is 6. The SMILES string of the molecule is CCOc1ccc(-c2ccc(NC(=O)c3sc(-c4ccccc4)nc3C)cc2)nn1. The summed E-state index contributed by atoms with van der Waals surface area (Å²) < 4.78 is 5.32. The van der Waals surface area contributed by atoms with Crippen LogP contribution in [0.15, 0.2) is 66.7 Å². The van der Waals surface area contributed by atoms with E-state index in [2.05, 4.69) is 20.5 Å². The lowest BCUT2D eigenvalue weighted by Crippen LogP contribution is -2.11. The summed E-state index contributed by atoms with van der Waals surface area (Å²) in [5, 5.41) is 12.0. The first-order valence-corrected chi connectivity index (χ1v) is 10.4. The van der Waals surface area contributed by atoms with E-state index in [4.69, 9.17) is 4.74 Å². The number of anilines is 1. The van der Waals surface area contributed by atoms with Crippen LogP contribution in [0.4, 0.5) is 5.69 Å². The van der Waals surface area contributed by atoms with Gasteiger partial charge in [-0.1, -0.05) is 42.5 Å². The number of hydrogen-bond donors (Lipinski definition) is 1. The Balaban J connectivity index is 1.47. The zero-order valence-electron chi connectivity index (χ0n) is 16.6. The Hall–Kier alpha value is -3.58. The third-order valence-electron chi connectivity index (χ3n) is 4.39. The van der Waals surface area contributed by atoms with E-state index in [1.54, 1.807) is 6.07 Å². The zero-order valence-corrected chi connectivity index (χ0v) is 17.4. The Morgan fingerprint density at radius 1 is 0.967 bits per heavy atom. The van der Waals surface area contributed by atoms with Gasteiger partial charge in [0, 0.05) is 22.9 Å². The van der Waals surface area contributed by atoms with Crippen molar-refractivity contribution in [1.29, 1.82) is 0 Å². The third-order valence-corrected chi connectivity index (χ3v) is 5.60. The largest absolute Gasteiger partial charge is 0.477 e. The number of aryl methyl sites for hydroxylation is 1. The highest BCUT2D eigenvalue weighted by molar-refractivity contribution is 7.17. The fourth-order valence-electron chi connectivity index (χ4n) is 2.92. The smallest absolute Gasteiger partial charge is 0.267 e. The minimum absolute atomic E-state index is 0.166. The molecule has 1 N–H and O–H groups in total. The lowest BCUT2D eigenvalue weighted by molar-refractivity contribution is 0.103. The van der Waals surface area contributed by atoms with E-state index < -0.39 is 0 Å². The Labute approximate surface area is 178 Å². The van der Waals surface area contributed by atoms with Gasteiger partial charge in [0.1, 0.15) is 9.88 Å². The van der Waals surface area contributed by atoms with Crippen LogP contribution in [0.3, 0.4) is 0 Å². The molecule has 0 bridgehead atoms. The van der Waals surface area contributed by atoms with Crippen LogP contribution in [0.5, 0.6) is 5.88 Å². The molecule has 0 aliphatic heterocycles. The standard InChI is InChI=1S/C23H20N4O2S/c1-3-29-20-14-13-19(26-27-20)16-9-11-18(12-10-16)25-22(28)21-15(2)24-23(30-21)17-7-5-4-6-8-17/h4-14H,3H2,1-2H3,(H,25,28). The molecule has 0 spiro atoms. The van der Waals surface area contributed by atoms with Gasteiger partial charge in [0.2, 0.25) is 5.88 Å². The first-order valence-electron chi connectivity index (χ1n) is 9.55. The molecule has 7 heteroatoms. The van der Waals surface area contributed by atoms with Gasteiger partial charge in [-0.2, -0.15) is 0 Å². The Kier molecular flexibility index (Phi) is 5.81. The average molecular weight is 417 g/mol. The van der Waals surface area contributed by atoms with E-state index >= 15 is 0 Å². The number of thiazole rings is 1. The number of carbonyl (C=O) groups is 1. The van der Waals surface area contributed by atoms with Gasteiger partial charge in [-0.3, -0.25) is 4.79 Å². The van der Waals surface area contributed by atoms with Crippen molar-refractivity contribution in [3.8, 4) is 27.7 Å². The molecule has 2 aromatic heterocycles. The first-order chi connectivity index (χ1) is 14.6. The fraction of sp³-hybridized carbons (Fsp3) is 0.130. The normalized spacial score (nSPS) is 10.6. The molecule has 2 aromatic carbocycles. The predicted octanol–water partition coefficient (Wildman–Crippen LogP) is 5.23. The number of ether oxygens (including phenoxy) is 1. The Bertz CT molecular complexity index is 1140. The molecule has 30 heavy (non-hydrogen) atoms. The maximum atomic E-state index is 12.8. The van der Waals surface area contributed by atoms with Crippen molar-refractivity contribution < 1.29 is 9.53 Å². The summed E-state index contributed by atoms with van der Waals surface area (Å²) in [5.41, 5.74) is 4.07. The highest BCUT2D eigenvalue weighted by Gasteiger charge is 2.16. The van der Waals surface area contributed by atoms with Crippen molar-refractivity contribution in [2.24, 2.45) is 0 Å². The predicted molar refractivity (Wildman–Crippen MR) is 119 cm³/mol. The molecule has 0 saturated heterocycles. The van der Waals surface area contributed by atoms with Crippen LogP contribution in [0.25, 0.3) is 21.8 Å². The van der Waals surface area contributed by atoms with E-state index in [0.717, 1.165) is 27.5 Å². The van der Waals surface area contributed by atoms with Gasteiger partial charge in [-0.15, -0.1) is 21.5 Å². The summed E-state index contributed by atoms with van der Waals surface area (Å²) in [6, 6.07) is 21.0. The molecule has 0 fully saturated rings. The Morgan fingerprint density at radius 3 is 2.40 bits per heavy atom. The van der Waals surface area contributed by atoms with E-state index in [0.29, 0.717) is 23.1 Å². The molecule has 0 unspecified atom stereocenters. The molecule has 0 aliphatic carbocycles. The van der Waals surface area contributed by atoms with Crippen LogP contribution in [0.1, 0.15) is 22.3 Å². The second kappa shape index (κ2) is 8.84. The van der Waals surface area contributed by atoms with Gasteiger partial charge in [-0.25, -0.2) is 4.98 Å². The minimum Gasteiger partial charge on any atom is -0.477 e. The van der Waals surface area contributed by atoms with Crippen molar-refractivity contribution in [1.82, 2.24) is 15.2 Å². The van der Waals surface area contributed by atoms with E-state index in [1.165, 1.54) is 11.3 Å². The topological polar surface area (TPSA) is 77.0 Å². The minimum atomic E-state index is -0.166. The van der Waals surface area contributed by atoms with Crippen molar-refractivity contribution in [2.45, 2.75) is 13.8 Å². The molecular formula is C23H20N4O2S. The zero-order chi connectivity index (χ0) is 20.9. The van der Waals surface area contributed by atoms with Gasteiger partial charge < -0.3 is 10.1 Å². The first kappa shape index (κ1) is 19.7. The number of rotatable bonds is 6. The van der Waals surface area contributed by atoms with Crippen LogP contribution < -0.4 is 10.1 Å². The summed E-state index contributed by atoms with van der Waals surface area (Å²) in [5.74, 6) is 0.334. The molecule has 150 valence electrons. The van der Waals surface area contributed by atoms with E-state index in [1.807, 2.05) is 74.5 Å². The molecule has 0 aliphatic rings. The number of nitrogens with zero attached hydrogens (tertiary/aromatic N) is 3. The molecule has 1 amide bonds. The maximum Gasteiger partial charge on any atom is 0.267 e. The summed E-state index contributed by atoms with van der Waals surface area (Å²) in [6.07, 6.45) is 0. The molecule has 6 nitrogen and oxygen atoms in total. The average Bonchev–Trinajstić information content (AvgIpc) is 3.18. The van der Waals surface area contributed by atoms with Gasteiger partial charge >= 0.3 is 0 Å². The number of carbonyl (C=O) groups excluding carboxylic acids is 1. The monoisotopic (exact) mass is 416 g/mol. The van der Waals surface area contributed by atoms with Crippen molar-refractivity contribution >= 4 is 22.9 Å². The van der Waals surface area contributed by atoms with Crippen LogP contribution >= 0.6 is 11.3 Å². The lowest BCUT2D eigenvalue weighted by Gasteiger charge is -2.06.